The van der Waals surface area contributed by atoms with E-state index in [4.69, 9.17) is 16.3 Å². The molecule has 0 amide bonds. The molecule has 2 atom stereocenters. The molecule has 0 aliphatic carbocycles. The summed E-state index contributed by atoms with van der Waals surface area (Å²) in [5.41, 5.74) is 0.892. The molecule has 0 bridgehead atoms. The van der Waals surface area contributed by atoms with Crippen LogP contribution in [0.2, 0.25) is 5.02 Å². The van der Waals surface area contributed by atoms with Gasteiger partial charge in [0.25, 0.3) is 0 Å². The Bertz CT molecular complexity index is 438. The van der Waals surface area contributed by atoms with Crippen LogP contribution in [0.4, 0.5) is 4.39 Å². The second kappa shape index (κ2) is 7.39. The van der Waals surface area contributed by atoms with E-state index in [0.717, 1.165) is 38.1 Å². The van der Waals surface area contributed by atoms with Crippen LogP contribution in [0.15, 0.2) is 18.2 Å². The quantitative estimate of drug-likeness (QED) is 0.880. The Labute approximate surface area is 125 Å². The first-order valence-corrected chi connectivity index (χ1v) is 7.73. The van der Waals surface area contributed by atoms with Gasteiger partial charge < -0.3 is 10.1 Å². The minimum atomic E-state index is -0.368. The molecule has 1 N–H and O–H groups in total. The van der Waals surface area contributed by atoms with Gasteiger partial charge in [-0.25, -0.2) is 4.39 Å². The zero-order valence-corrected chi connectivity index (χ0v) is 12.9. The Morgan fingerprint density at radius 3 is 2.95 bits per heavy atom. The van der Waals surface area contributed by atoms with Crippen molar-refractivity contribution in [3.63, 3.8) is 0 Å². The van der Waals surface area contributed by atoms with E-state index < -0.39 is 0 Å². The maximum Gasteiger partial charge on any atom is 0.142 e. The molecule has 1 saturated heterocycles. The molecule has 0 spiro atoms. The number of halogens is 2. The van der Waals surface area contributed by atoms with Crippen LogP contribution in [0.1, 0.15) is 38.4 Å². The van der Waals surface area contributed by atoms with E-state index in [0.29, 0.717) is 11.8 Å². The number of hydrogen-bond acceptors (Lipinski definition) is 2. The SMILES string of the molecule is CC(C)CNCC1CCCOC1c1ccc(Cl)c(F)c1. The Morgan fingerprint density at radius 1 is 1.45 bits per heavy atom. The minimum absolute atomic E-state index is 0.0322. The fourth-order valence-electron chi connectivity index (χ4n) is 2.67. The lowest BCUT2D eigenvalue weighted by atomic mass is 9.89. The normalized spacial score (nSPS) is 23.2. The fraction of sp³-hybridized carbons (Fsp3) is 0.625. The highest BCUT2D eigenvalue weighted by Crippen LogP contribution is 2.34. The van der Waals surface area contributed by atoms with Gasteiger partial charge in [-0.05, 0) is 43.0 Å². The van der Waals surface area contributed by atoms with Gasteiger partial charge >= 0.3 is 0 Å². The van der Waals surface area contributed by atoms with Crippen LogP contribution in [-0.2, 0) is 4.74 Å². The fourth-order valence-corrected chi connectivity index (χ4v) is 2.79. The molecular weight excluding hydrogens is 277 g/mol. The predicted octanol–water partition coefficient (Wildman–Crippen LogP) is 4.19. The third kappa shape index (κ3) is 4.18. The van der Waals surface area contributed by atoms with Crippen molar-refractivity contribution in [2.75, 3.05) is 19.7 Å². The maximum absolute atomic E-state index is 13.6. The molecule has 1 fully saturated rings. The molecule has 2 rings (SSSR count). The van der Waals surface area contributed by atoms with Gasteiger partial charge in [-0.2, -0.15) is 0 Å². The van der Waals surface area contributed by atoms with Crippen molar-refractivity contribution in [1.29, 1.82) is 0 Å². The molecule has 1 aliphatic heterocycles. The van der Waals surface area contributed by atoms with Crippen LogP contribution in [0, 0.1) is 17.7 Å². The van der Waals surface area contributed by atoms with Gasteiger partial charge in [-0.1, -0.05) is 31.5 Å². The van der Waals surface area contributed by atoms with Gasteiger partial charge in [0.05, 0.1) is 11.1 Å². The highest BCUT2D eigenvalue weighted by molar-refractivity contribution is 6.30. The first-order chi connectivity index (χ1) is 9.58. The van der Waals surface area contributed by atoms with Crippen molar-refractivity contribution in [2.45, 2.75) is 32.8 Å². The Hall–Kier alpha value is -0.640. The van der Waals surface area contributed by atoms with Gasteiger partial charge in [0.15, 0.2) is 0 Å². The molecule has 2 unspecified atom stereocenters. The maximum atomic E-state index is 13.6. The average molecular weight is 300 g/mol. The molecular formula is C16H23ClFNO. The Balaban J connectivity index is 2.03. The van der Waals surface area contributed by atoms with Gasteiger partial charge in [0.1, 0.15) is 5.82 Å². The van der Waals surface area contributed by atoms with Crippen molar-refractivity contribution in [1.82, 2.24) is 5.32 Å². The number of ether oxygens (including phenoxy) is 1. The topological polar surface area (TPSA) is 21.3 Å². The molecule has 112 valence electrons. The predicted molar refractivity (Wildman–Crippen MR) is 80.5 cm³/mol. The van der Waals surface area contributed by atoms with Crippen molar-refractivity contribution in [3.05, 3.63) is 34.6 Å². The number of hydrogen-bond donors (Lipinski definition) is 1. The monoisotopic (exact) mass is 299 g/mol. The van der Waals surface area contributed by atoms with E-state index in [2.05, 4.69) is 19.2 Å². The lowest BCUT2D eigenvalue weighted by Gasteiger charge is -2.32. The molecule has 1 aromatic carbocycles. The summed E-state index contributed by atoms with van der Waals surface area (Å²) in [6, 6.07) is 4.99. The van der Waals surface area contributed by atoms with Crippen molar-refractivity contribution in [3.8, 4) is 0 Å². The number of nitrogens with one attached hydrogen (secondary N) is 1. The second-order valence-electron chi connectivity index (χ2n) is 5.92. The summed E-state index contributed by atoms with van der Waals surface area (Å²) in [6.07, 6.45) is 2.15. The highest BCUT2D eigenvalue weighted by atomic mass is 35.5. The van der Waals surface area contributed by atoms with E-state index in [1.165, 1.54) is 6.07 Å². The molecule has 0 aromatic heterocycles. The van der Waals surface area contributed by atoms with Gasteiger partial charge in [0, 0.05) is 19.1 Å². The van der Waals surface area contributed by atoms with Crippen LogP contribution >= 0.6 is 11.6 Å². The first kappa shape index (κ1) is 15.7. The number of benzene rings is 1. The third-order valence-electron chi connectivity index (χ3n) is 3.68. The summed E-state index contributed by atoms with van der Waals surface area (Å²) >= 11 is 5.75. The van der Waals surface area contributed by atoms with Crippen LogP contribution in [0.25, 0.3) is 0 Å². The average Bonchev–Trinajstić information content (AvgIpc) is 2.42. The zero-order chi connectivity index (χ0) is 14.5. The molecule has 4 heteroatoms. The van der Waals surface area contributed by atoms with Crippen LogP contribution in [0.3, 0.4) is 0 Å². The summed E-state index contributed by atoms with van der Waals surface area (Å²) in [7, 11) is 0. The summed E-state index contributed by atoms with van der Waals surface area (Å²) in [5.74, 6) is 0.654. The standard InChI is InChI=1S/C16H23ClFNO/c1-11(2)9-19-10-13-4-3-7-20-16(13)12-5-6-14(17)15(18)8-12/h5-6,8,11,13,16,19H,3-4,7,9-10H2,1-2H3. The van der Waals surface area contributed by atoms with E-state index in [9.17, 15) is 4.39 Å². The molecule has 1 aromatic rings. The molecule has 0 radical (unpaired) electrons. The van der Waals surface area contributed by atoms with E-state index in [1.54, 1.807) is 6.07 Å². The van der Waals surface area contributed by atoms with Gasteiger partial charge in [-0.15, -0.1) is 0 Å². The molecule has 0 saturated carbocycles. The zero-order valence-electron chi connectivity index (χ0n) is 12.2. The van der Waals surface area contributed by atoms with Crippen molar-refractivity contribution >= 4 is 11.6 Å². The highest BCUT2D eigenvalue weighted by Gasteiger charge is 2.27. The summed E-state index contributed by atoms with van der Waals surface area (Å²) in [4.78, 5) is 0. The van der Waals surface area contributed by atoms with Crippen LogP contribution in [0.5, 0.6) is 0 Å². The number of rotatable bonds is 5. The summed E-state index contributed by atoms with van der Waals surface area (Å²) in [6.45, 7) is 7.04. The van der Waals surface area contributed by atoms with Crippen molar-refractivity contribution in [2.24, 2.45) is 11.8 Å². The minimum Gasteiger partial charge on any atom is -0.373 e. The molecule has 2 nitrogen and oxygen atoms in total. The lowest BCUT2D eigenvalue weighted by molar-refractivity contribution is -0.0280. The first-order valence-electron chi connectivity index (χ1n) is 7.35. The Kier molecular flexibility index (Phi) is 5.82. The van der Waals surface area contributed by atoms with Gasteiger partial charge in [-0.3, -0.25) is 0 Å². The lowest BCUT2D eigenvalue weighted by Crippen LogP contribution is -2.33. The molecule has 20 heavy (non-hydrogen) atoms. The van der Waals surface area contributed by atoms with Gasteiger partial charge in [0.2, 0.25) is 0 Å². The molecule has 1 heterocycles. The smallest absolute Gasteiger partial charge is 0.142 e. The third-order valence-corrected chi connectivity index (χ3v) is 3.98. The van der Waals surface area contributed by atoms with E-state index >= 15 is 0 Å². The second-order valence-corrected chi connectivity index (χ2v) is 6.33. The molecule has 1 aliphatic rings. The van der Waals surface area contributed by atoms with Crippen LogP contribution < -0.4 is 5.32 Å². The van der Waals surface area contributed by atoms with E-state index in [-0.39, 0.29) is 16.9 Å². The summed E-state index contributed by atoms with van der Waals surface area (Å²) in [5, 5.41) is 3.65. The van der Waals surface area contributed by atoms with E-state index in [1.807, 2.05) is 6.07 Å². The van der Waals surface area contributed by atoms with Crippen LogP contribution in [-0.4, -0.2) is 19.7 Å². The summed E-state index contributed by atoms with van der Waals surface area (Å²) < 4.78 is 19.5. The Morgan fingerprint density at radius 2 is 2.25 bits per heavy atom. The van der Waals surface area contributed by atoms with Crippen molar-refractivity contribution < 1.29 is 9.13 Å². The largest absolute Gasteiger partial charge is 0.373 e.